The number of nitrogen functional groups attached to an aromatic ring is 1. The molecule has 2 aromatic heterocycles. The number of nitrogens with two attached hydrogens (primary N) is 1. The molecule has 1 aliphatic carbocycles. The quantitative estimate of drug-likeness (QED) is 0.491. The van der Waals surface area contributed by atoms with Gasteiger partial charge in [0.25, 0.3) is 0 Å². The highest BCUT2D eigenvalue weighted by Crippen LogP contribution is 2.39. The van der Waals surface area contributed by atoms with Crippen LogP contribution in [0.1, 0.15) is 24.8 Å². The van der Waals surface area contributed by atoms with Gasteiger partial charge in [-0.25, -0.2) is 9.97 Å². The van der Waals surface area contributed by atoms with Crippen molar-refractivity contribution in [3.8, 4) is 11.1 Å². The average molecular weight is 453 g/mol. The van der Waals surface area contributed by atoms with Gasteiger partial charge in [0.05, 0.1) is 18.6 Å². The molecule has 0 unspecified atom stereocenters. The van der Waals surface area contributed by atoms with Crippen LogP contribution in [0.25, 0.3) is 22.2 Å². The standard InChI is InChI=1S/C14H15N5S.C10H17NO/c1-20-19-6-9-3-2-4-10(5-9)11-7-16-14-12(11)13(15)17-8-18-14;1-2-9(3-1)4-11-5-10(6-11)7-12-8-10/h2-5,7-8,19H,6H2,1H3,(H3,15,16,17,18);9H,1-8H2. The van der Waals surface area contributed by atoms with Crippen LogP contribution in [0.5, 0.6) is 0 Å². The molecule has 3 aromatic rings. The van der Waals surface area contributed by atoms with Gasteiger partial charge in [-0.2, -0.15) is 0 Å². The number of fused-ring (bicyclic) bond motifs is 1. The Labute approximate surface area is 193 Å². The summed E-state index contributed by atoms with van der Waals surface area (Å²) in [6.07, 6.45) is 9.86. The van der Waals surface area contributed by atoms with Gasteiger partial charge in [-0.3, -0.25) is 4.72 Å². The molecular weight excluding hydrogens is 420 g/mol. The minimum Gasteiger partial charge on any atom is -0.383 e. The van der Waals surface area contributed by atoms with E-state index in [0.717, 1.165) is 47.8 Å². The molecule has 4 N–H and O–H groups in total. The number of hydrogen-bond acceptors (Lipinski definition) is 7. The maximum atomic E-state index is 5.97. The molecule has 2 aliphatic heterocycles. The van der Waals surface area contributed by atoms with Gasteiger partial charge >= 0.3 is 0 Å². The number of rotatable bonds is 6. The van der Waals surface area contributed by atoms with Crippen LogP contribution in [0.2, 0.25) is 0 Å². The zero-order chi connectivity index (χ0) is 22.0. The second kappa shape index (κ2) is 9.39. The molecular formula is C24H32N6OS. The van der Waals surface area contributed by atoms with Crippen molar-refractivity contribution in [3.05, 3.63) is 42.4 Å². The lowest BCUT2D eigenvalue weighted by atomic mass is 9.76. The zero-order valence-corrected chi connectivity index (χ0v) is 19.5. The van der Waals surface area contributed by atoms with Crippen LogP contribution in [0, 0.1) is 11.3 Å². The summed E-state index contributed by atoms with van der Waals surface area (Å²) < 4.78 is 8.49. The first-order valence-corrected chi connectivity index (χ1v) is 12.6. The molecule has 1 aromatic carbocycles. The van der Waals surface area contributed by atoms with Crippen LogP contribution in [0.4, 0.5) is 5.82 Å². The Balaban J connectivity index is 0.000000152. The van der Waals surface area contributed by atoms with Crippen molar-refractivity contribution in [2.24, 2.45) is 11.3 Å². The average Bonchev–Trinajstić information content (AvgIpc) is 3.15. The van der Waals surface area contributed by atoms with E-state index < -0.39 is 0 Å². The number of hydrogen-bond donors (Lipinski definition) is 3. The first-order valence-electron chi connectivity index (χ1n) is 11.4. The van der Waals surface area contributed by atoms with Gasteiger partial charge in [0.1, 0.15) is 17.8 Å². The van der Waals surface area contributed by atoms with E-state index in [-0.39, 0.29) is 0 Å². The summed E-state index contributed by atoms with van der Waals surface area (Å²) >= 11 is 1.61. The van der Waals surface area contributed by atoms with E-state index in [1.165, 1.54) is 50.8 Å². The maximum Gasteiger partial charge on any atom is 0.143 e. The highest BCUT2D eigenvalue weighted by molar-refractivity contribution is 7.96. The first-order chi connectivity index (χ1) is 15.7. The van der Waals surface area contributed by atoms with Gasteiger partial charge < -0.3 is 20.4 Å². The maximum absolute atomic E-state index is 5.97. The highest BCUT2D eigenvalue weighted by atomic mass is 32.2. The summed E-state index contributed by atoms with van der Waals surface area (Å²) in [5, 5.41) is 0.877. The van der Waals surface area contributed by atoms with Crippen LogP contribution < -0.4 is 10.5 Å². The lowest BCUT2D eigenvalue weighted by Crippen LogP contribution is -2.66. The summed E-state index contributed by atoms with van der Waals surface area (Å²) in [6, 6.07) is 8.36. The number of nitrogens with one attached hydrogen (secondary N) is 2. The Kier molecular flexibility index (Phi) is 6.37. The largest absolute Gasteiger partial charge is 0.383 e. The Morgan fingerprint density at radius 2 is 2.12 bits per heavy atom. The molecule has 7 nitrogen and oxygen atoms in total. The summed E-state index contributed by atoms with van der Waals surface area (Å²) in [5.74, 6) is 1.54. The minimum atomic E-state index is 0.499. The monoisotopic (exact) mass is 452 g/mol. The molecule has 4 heterocycles. The molecule has 3 aliphatic rings. The van der Waals surface area contributed by atoms with E-state index in [2.05, 4.69) is 42.8 Å². The van der Waals surface area contributed by atoms with Crippen molar-refractivity contribution in [1.29, 1.82) is 0 Å². The fraction of sp³-hybridized carbons (Fsp3) is 0.500. The molecule has 0 radical (unpaired) electrons. The van der Waals surface area contributed by atoms with E-state index in [0.29, 0.717) is 11.2 Å². The van der Waals surface area contributed by atoms with Crippen LogP contribution in [0.3, 0.4) is 0 Å². The number of aromatic amines is 1. The van der Waals surface area contributed by atoms with Crippen LogP contribution in [-0.4, -0.2) is 59.0 Å². The molecule has 6 rings (SSSR count). The van der Waals surface area contributed by atoms with Gasteiger partial charge in [-0.1, -0.05) is 36.6 Å². The number of anilines is 1. The molecule has 170 valence electrons. The number of nitrogens with zero attached hydrogens (tertiary/aromatic N) is 3. The van der Waals surface area contributed by atoms with Gasteiger partial charge in [-0.05, 0) is 42.2 Å². The Bertz CT molecular complexity index is 1050. The van der Waals surface area contributed by atoms with Crippen molar-refractivity contribution in [1.82, 2.24) is 24.6 Å². The zero-order valence-electron chi connectivity index (χ0n) is 18.6. The van der Waals surface area contributed by atoms with Crippen molar-refractivity contribution >= 4 is 28.8 Å². The van der Waals surface area contributed by atoms with Gasteiger partial charge in [0, 0.05) is 43.4 Å². The molecule has 32 heavy (non-hydrogen) atoms. The minimum absolute atomic E-state index is 0.499. The summed E-state index contributed by atoms with van der Waals surface area (Å²) in [5.41, 5.74) is 10.7. The van der Waals surface area contributed by atoms with Gasteiger partial charge in [0.15, 0.2) is 0 Å². The van der Waals surface area contributed by atoms with E-state index in [4.69, 9.17) is 10.5 Å². The van der Waals surface area contributed by atoms with Crippen LogP contribution in [-0.2, 0) is 11.3 Å². The predicted molar refractivity (Wildman–Crippen MR) is 131 cm³/mol. The summed E-state index contributed by atoms with van der Waals surface area (Å²) in [7, 11) is 0. The summed E-state index contributed by atoms with van der Waals surface area (Å²) in [4.78, 5) is 14.0. The molecule has 0 atom stereocenters. The number of likely N-dealkylation sites (tertiary alicyclic amines) is 1. The Morgan fingerprint density at radius 1 is 1.28 bits per heavy atom. The second-order valence-electron chi connectivity index (χ2n) is 9.37. The van der Waals surface area contributed by atoms with Crippen molar-refractivity contribution in [2.75, 3.05) is 44.8 Å². The number of ether oxygens (including phenoxy) is 1. The number of H-pyrrole nitrogens is 1. The topological polar surface area (TPSA) is 92.1 Å². The van der Waals surface area contributed by atoms with Crippen LogP contribution >= 0.6 is 11.9 Å². The molecule has 1 spiro atoms. The molecule has 8 heteroatoms. The molecule has 0 bridgehead atoms. The van der Waals surface area contributed by atoms with Crippen molar-refractivity contribution in [3.63, 3.8) is 0 Å². The highest BCUT2D eigenvalue weighted by Gasteiger charge is 2.49. The molecule has 2 saturated heterocycles. The smallest absolute Gasteiger partial charge is 0.143 e. The SMILES string of the molecule is C1CC(CN2CC3(COC3)C2)C1.CSNCc1cccc(-c2c[nH]c3ncnc(N)c23)c1. The Hall–Kier alpha value is -2.13. The third-order valence-electron chi connectivity index (χ3n) is 6.83. The molecule has 1 saturated carbocycles. The first kappa shape index (κ1) is 21.7. The normalized spacial score (nSPS) is 19.7. The lowest BCUT2D eigenvalue weighted by molar-refractivity contribution is -0.192. The van der Waals surface area contributed by atoms with Crippen molar-refractivity contribution in [2.45, 2.75) is 25.8 Å². The summed E-state index contributed by atoms with van der Waals surface area (Å²) in [6.45, 7) is 6.92. The van der Waals surface area contributed by atoms with Gasteiger partial charge in [-0.15, -0.1) is 0 Å². The fourth-order valence-electron chi connectivity index (χ4n) is 4.86. The van der Waals surface area contributed by atoms with E-state index in [1.54, 1.807) is 11.9 Å². The number of aromatic nitrogens is 3. The van der Waals surface area contributed by atoms with E-state index in [1.807, 2.05) is 18.5 Å². The van der Waals surface area contributed by atoms with Crippen molar-refractivity contribution < 1.29 is 4.74 Å². The third-order valence-corrected chi connectivity index (χ3v) is 7.27. The molecule has 0 amide bonds. The number of benzene rings is 1. The fourth-order valence-corrected chi connectivity index (χ4v) is 5.18. The lowest BCUT2D eigenvalue weighted by Gasteiger charge is -2.56. The second-order valence-corrected chi connectivity index (χ2v) is 10.1. The van der Waals surface area contributed by atoms with Crippen LogP contribution in [0.15, 0.2) is 36.8 Å². The molecule has 3 fully saturated rings. The van der Waals surface area contributed by atoms with E-state index in [9.17, 15) is 0 Å². The Morgan fingerprint density at radius 3 is 2.81 bits per heavy atom. The third kappa shape index (κ3) is 4.50. The van der Waals surface area contributed by atoms with E-state index >= 15 is 0 Å². The van der Waals surface area contributed by atoms with Gasteiger partial charge in [0.2, 0.25) is 0 Å². The predicted octanol–water partition coefficient (Wildman–Crippen LogP) is 3.69.